The Morgan fingerprint density at radius 2 is 2.00 bits per heavy atom. The largest absolute Gasteiger partial charge is 0.512 e. The van der Waals surface area contributed by atoms with Crippen LogP contribution >= 0.6 is 0 Å². The molecule has 0 amide bonds. The molecule has 22 heavy (non-hydrogen) atoms. The normalized spacial score (nSPS) is 10.4. The number of oxazole rings is 1. The number of hydrogen-bond acceptors (Lipinski definition) is 5. The number of carbonyl (C=O) groups is 1. The van der Waals surface area contributed by atoms with E-state index in [-0.39, 0.29) is 5.88 Å². The second-order valence-corrected chi connectivity index (χ2v) is 4.58. The van der Waals surface area contributed by atoms with Gasteiger partial charge in [0, 0.05) is 23.7 Å². The molecule has 1 N–H and O–H groups in total. The predicted molar refractivity (Wildman–Crippen MR) is 77.6 cm³/mol. The summed E-state index contributed by atoms with van der Waals surface area (Å²) in [5, 5.41) is 8.72. The van der Waals surface area contributed by atoms with Crippen LogP contribution in [0.4, 0.5) is 4.79 Å². The molecule has 3 aromatic rings. The molecule has 0 saturated heterocycles. The predicted octanol–water partition coefficient (Wildman–Crippen LogP) is 3.38. The Hall–Kier alpha value is -3.15. The van der Waals surface area contributed by atoms with Crippen LogP contribution in [0.3, 0.4) is 0 Å². The van der Waals surface area contributed by atoms with E-state index in [2.05, 4.69) is 14.7 Å². The van der Waals surface area contributed by atoms with E-state index in [0.717, 1.165) is 16.8 Å². The highest BCUT2D eigenvalue weighted by atomic mass is 16.7. The Kier molecular flexibility index (Phi) is 3.82. The van der Waals surface area contributed by atoms with E-state index in [9.17, 15) is 4.79 Å². The first-order valence-corrected chi connectivity index (χ1v) is 6.54. The van der Waals surface area contributed by atoms with Crippen LogP contribution in [-0.4, -0.2) is 21.2 Å². The summed E-state index contributed by atoms with van der Waals surface area (Å²) < 4.78 is 9.64. The van der Waals surface area contributed by atoms with Gasteiger partial charge in [-0.2, -0.15) is 0 Å². The van der Waals surface area contributed by atoms with E-state index in [1.165, 1.54) is 12.6 Å². The molecule has 0 spiro atoms. The third-order valence-electron chi connectivity index (χ3n) is 3.11. The third-order valence-corrected chi connectivity index (χ3v) is 3.11. The monoisotopic (exact) mass is 296 g/mol. The molecule has 6 heteroatoms. The summed E-state index contributed by atoms with van der Waals surface area (Å²) in [6, 6.07) is 11.3. The van der Waals surface area contributed by atoms with Gasteiger partial charge in [0.2, 0.25) is 5.88 Å². The van der Waals surface area contributed by atoms with Gasteiger partial charge in [0.05, 0.1) is 0 Å². The Balaban J connectivity index is 1.80. The van der Waals surface area contributed by atoms with E-state index in [1.807, 2.05) is 24.3 Å². The molecule has 2 heterocycles. The van der Waals surface area contributed by atoms with Gasteiger partial charge in [0.1, 0.15) is 12.0 Å². The standard InChI is InChI=1S/C16H12N2O4/c19-16(20)22-15-13(2-1-7-17-15)8-11-3-5-12(6-4-11)14-9-21-10-18-14/h1-7,9-10H,8H2,(H,19,20). The van der Waals surface area contributed by atoms with Crippen molar-refractivity contribution in [3.05, 3.63) is 66.4 Å². The molecule has 110 valence electrons. The first kappa shape index (κ1) is 13.8. The van der Waals surface area contributed by atoms with Crippen LogP contribution in [0.15, 0.2) is 59.7 Å². The zero-order valence-electron chi connectivity index (χ0n) is 11.5. The average molecular weight is 296 g/mol. The zero-order chi connectivity index (χ0) is 15.4. The molecule has 0 bridgehead atoms. The van der Waals surface area contributed by atoms with Gasteiger partial charge < -0.3 is 14.3 Å². The molecule has 0 fully saturated rings. The molecule has 3 rings (SSSR count). The van der Waals surface area contributed by atoms with Gasteiger partial charge in [0.25, 0.3) is 0 Å². The second kappa shape index (κ2) is 6.09. The van der Waals surface area contributed by atoms with E-state index >= 15 is 0 Å². The Labute approximate surface area is 126 Å². The lowest BCUT2D eigenvalue weighted by Crippen LogP contribution is -2.07. The minimum absolute atomic E-state index is 0.107. The van der Waals surface area contributed by atoms with Crippen LogP contribution < -0.4 is 4.74 Å². The van der Waals surface area contributed by atoms with Gasteiger partial charge in [-0.3, -0.25) is 0 Å². The molecule has 1 aromatic carbocycles. The van der Waals surface area contributed by atoms with E-state index in [0.29, 0.717) is 12.0 Å². The van der Waals surface area contributed by atoms with Gasteiger partial charge in [-0.05, 0) is 11.6 Å². The van der Waals surface area contributed by atoms with Crippen molar-refractivity contribution in [3.8, 4) is 17.1 Å². The maximum atomic E-state index is 10.7. The number of aromatic nitrogens is 2. The number of ether oxygens (including phenoxy) is 1. The van der Waals surface area contributed by atoms with Crippen molar-refractivity contribution in [2.24, 2.45) is 0 Å². The molecule has 0 aliphatic carbocycles. The third kappa shape index (κ3) is 3.12. The highest BCUT2D eigenvalue weighted by Gasteiger charge is 2.10. The van der Waals surface area contributed by atoms with Crippen molar-refractivity contribution in [1.82, 2.24) is 9.97 Å². The number of benzene rings is 1. The number of hydrogen-bond donors (Lipinski definition) is 1. The van der Waals surface area contributed by atoms with Crippen LogP contribution in [0, 0.1) is 0 Å². The first-order valence-electron chi connectivity index (χ1n) is 6.54. The van der Waals surface area contributed by atoms with Crippen LogP contribution in [0.2, 0.25) is 0 Å². The van der Waals surface area contributed by atoms with Crippen molar-refractivity contribution in [3.63, 3.8) is 0 Å². The minimum Gasteiger partial charge on any atom is -0.451 e. The molecule has 2 aromatic heterocycles. The molecular weight excluding hydrogens is 284 g/mol. The topological polar surface area (TPSA) is 85.5 Å². The van der Waals surface area contributed by atoms with Gasteiger partial charge in [-0.1, -0.05) is 30.3 Å². The van der Waals surface area contributed by atoms with E-state index in [4.69, 9.17) is 9.52 Å². The lowest BCUT2D eigenvalue weighted by molar-refractivity contribution is 0.142. The highest BCUT2D eigenvalue weighted by Crippen LogP contribution is 2.22. The number of carboxylic acid groups (broad SMARTS) is 1. The van der Waals surface area contributed by atoms with Crippen LogP contribution in [0.1, 0.15) is 11.1 Å². The van der Waals surface area contributed by atoms with Gasteiger partial charge in [0.15, 0.2) is 6.39 Å². The van der Waals surface area contributed by atoms with Gasteiger partial charge in [-0.25, -0.2) is 14.8 Å². The average Bonchev–Trinajstić information content (AvgIpc) is 3.04. The summed E-state index contributed by atoms with van der Waals surface area (Å²) in [7, 11) is 0. The molecule has 0 saturated carbocycles. The summed E-state index contributed by atoms with van der Waals surface area (Å²) in [5.41, 5.74) is 3.43. The fraction of sp³-hybridized carbons (Fsp3) is 0.0625. The maximum absolute atomic E-state index is 10.7. The van der Waals surface area contributed by atoms with Crippen molar-refractivity contribution < 1.29 is 19.1 Å². The highest BCUT2D eigenvalue weighted by molar-refractivity contribution is 5.61. The first-order chi connectivity index (χ1) is 10.7. The SMILES string of the molecule is O=C(O)Oc1ncccc1Cc1ccc(-c2cocn2)cc1. The second-order valence-electron chi connectivity index (χ2n) is 4.58. The summed E-state index contributed by atoms with van der Waals surface area (Å²) in [6.45, 7) is 0. The molecular formula is C16H12N2O4. The van der Waals surface area contributed by atoms with Crippen LogP contribution in [-0.2, 0) is 6.42 Å². The number of pyridine rings is 1. The van der Waals surface area contributed by atoms with Gasteiger partial charge in [-0.15, -0.1) is 0 Å². The van der Waals surface area contributed by atoms with Gasteiger partial charge >= 0.3 is 6.16 Å². The molecule has 6 nitrogen and oxygen atoms in total. The molecule has 0 aliphatic heterocycles. The summed E-state index contributed by atoms with van der Waals surface area (Å²) in [6.07, 6.45) is 3.61. The van der Waals surface area contributed by atoms with Crippen molar-refractivity contribution in [2.75, 3.05) is 0 Å². The molecule has 0 aliphatic rings. The van der Waals surface area contributed by atoms with Crippen molar-refractivity contribution in [1.29, 1.82) is 0 Å². The Morgan fingerprint density at radius 1 is 1.18 bits per heavy atom. The summed E-state index contributed by atoms with van der Waals surface area (Å²) in [4.78, 5) is 18.7. The quantitative estimate of drug-likeness (QED) is 0.743. The molecule has 0 unspecified atom stereocenters. The van der Waals surface area contributed by atoms with Crippen LogP contribution in [0.25, 0.3) is 11.3 Å². The van der Waals surface area contributed by atoms with E-state index < -0.39 is 6.16 Å². The lowest BCUT2D eigenvalue weighted by Gasteiger charge is -2.07. The molecule has 0 atom stereocenters. The fourth-order valence-electron chi connectivity index (χ4n) is 2.10. The maximum Gasteiger partial charge on any atom is 0.512 e. The Morgan fingerprint density at radius 3 is 2.68 bits per heavy atom. The Bertz CT molecular complexity index is 767. The number of nitrogens with zero attached hydrogens (tertiary/aromatic N) is 2. The van der Waals surface area contributed by atoms with Crippen molar-refractivity contribution >= 4 is 6.16 Å². The smallest absolute Gasteiger partial charge is 0.451 e. The molecule has 0 radical (unpaired) electrons. The fourth-order valence-corrected chi connectivity index (χ4v) is 2.10. The minimum atomic E-state index is -1.37. The number of rotatable bonds is 4. The zero-order valence-corrected chi connectivity index (χ0v) is 11.5. The van der Waals surface area contributed by atoms with Crippen molar-refractivity contribution in [2.45, 2.75) is 6.42 Å². The van der Waals surface area contributed by atoms with Crippen LogP contribution in [0.5, 0.6) is 5.88 Å². The summed E-state index contributed by atoms with van der Waals surface area (Å²) >= 11 is 0. The lowest BCUT2D eigenvalue weighted by atomic mass is 10.0. The van der Waals surface area contributed by atoms with E-state index in [1.54, 1.807) is 18.4 Å². The summed E-state index contributed by atoms with van der Waals surface area (Å²) in [5.74, 6) is 0.107.